The van der Waals surface area contributed by atoms with E-state index in [1.54, 1.807) is 17.1 Å². The van der Waals surface area contributed by atoms with Crippen LogP contribution in [0.3, 0.4) is 0 Å². The van der Waals surface area contributed by atoms with Crippen molar-refractivity contribution in [3.05, 3.63) is 78.6 Å². The van der Waals surface area contributed by atoms with Gasteiger partial charge < -0.3 is 5.32 Å². The fourth-order valence-electron chi connectivity index (χ4n) is 2.08. The number of para-hydroxylation sites is 2. The van der Waals surface area contributed by atoms with Crippen LogP contribution in [0.5, 0.6) is 0 Å². The monoisotopic (exact) mass is 319 g/mol. The molecule has 3 rings (SSSR count). The third-order valence-corrected chi connectivity index (χ3v) is 3.25. The Morgan fingerprint density at radius 2 is 1.79 bits per heavy atom. The number of hydrogen-bond donors (Lipinski definition) is 2. The fourth-order valence-corrected chi connectivity index (χ4v) is 2.08. The molecule has 0 unspecified atom stereocenters. The second-order valence-electron chi connectivity index (χ2n) is 5.07. The van der Waals surface area contributed by atoms with Gasteiger partial charge in [0, 0.05) is 17.4 Å². The van der Waals surface area contributed by atoms with Crippen LogP contribution < -0.4 is 10.7 Å². The van der Waals surface area contributed by atoms with Crippen LogP contribution in [0.15, 0.2) is 78.2 Å². The summed E-state index contributed by atoms with van der Waals surface area (Å²) in [5.74, 6) is -0.217. The van der Waals surface area contributed by atoms with Crippen LogP contribution in [0.25, 0.3) is 5.69 Å². The molecule has 2 N–H and O–H groups in total. The van der Waals surface area contributed by atoms with E-state index in [2.05, 4.69) is 20.9 Å². The van der Waals surface area contributed by atoms with Crippen molar-refractivity contribution >= 4 is 17.8 Å². The first-order valence-corrected chi connectivity index (χ1v) is 7.52. The number of nitrogens with one attached hydrogen (secondary N) is 2. The lowest BCUT2D eigenvalue weighted by Crippen LogP contribution is -2.25. The van der Waals surface area contributed by atoms with Gasteiger partial charge in [0.2, 0.25) is 0 Å². The normalized spacial score (nSPS) is 10.7. The highest BCUT2D eigenvalue weighted by atomic mass is 16.2. The van der Waals surface area contributed by atoms with Crippen molar-refractivity contribution in [2.24, 2.45) is 5.10 Å². The van der Waals surface area contributed by atoms with Crippen molar-refractivity contribution in [1.82, 2.24) is 15.2 Å². The van der Waals surface area contributed by atoms with Crippen LogP contribution in [0, 0.1) is 0 Å². The number of amides is 1. The number of carbonyl (C=O) groups excluding carboxylic acids is 1. The van der Waals surface area contributed by atoms with Crippen LogP contribution in [0.1, 0.15) is 5.56 Å². The van der Waals surface area contributed by atoms with E-state index in [9.17, 15) is 4.79 Å². The van der Waals surface area contributed by atoms with Crippen molar-refractivity contribution in [3.8, 4) is 5.69 Å². The Bertz CT molecular complexity index is 812. The molecule has 0 saturated heterocycles. The topological polar surface area (TPSA) is 71.3 Å². The van der Waals surface area contributed by atoms with E-state index in [4.69, 9.17) is 0 Å². The molecule has 6 nitrogen and oxygen atoms in total. The van der Waals surface area contributed by atoms with Gasteiger partial charge in [-0.2, -0.15) is 10.2 Å². The van der Waals surface area contributed by atoms with E-state index in [0.29, 0.717) is 0 Å². The van der Waals surface area contributed by atoms with Crippen molar-refractivity contribution in [3.63, 3.8) is 0 Å². The molecule has 0 aliphatic heterocycles. The molecular formula is C18H17N5O. The summed E-state index contributed by atoms with van der Waals surface area (Å²) in [4.78, 5) is 11.7. The van der Waals surface area contributed by atoms with Crippen LogP contribution in [-0.2, 0) is 4.79 Å². The van der Waals surface area contributed by atoms with Crippen molar-refractivity contribution in [2.75, 3.05) is 11.9 Å². The molecule has 120 valence electrons. The molecule has 1 heterocycles. The Labute approximate surface area is 139 Å². The third kappa shape index (κ3) is 4.30. The number of nitrogens with zero attached hydrogens (tertiary/aromatic N) is 3. The highest BCUT2D eigenvalue weighted by Gasteiger charge is 2.00. The first-order valence-electron chi connectivity index (χ1n) is 7.52. The molecule has 0 aliphatic rings. The lowest BCUT2D eigenvalue weighted by Gasteiger charge is -2.04. The van der Waals surface area contributed by atoms with Gasteiger partial charge >= 0.3 is 0 Å². The first kappa shape index (κ1) is 15.5. The lowest BCUT2D eigenvalue weighted by molar-refractivity contribution is -0.119. The van der Waals surface area contributed by atoms with Crippen LogP contribution >= 0.6 is 0 Å². The van der Waals surface area contributed by atoms with Gasteiger partial charge in [-0.3, -0.25) is 4.79 Å². The molecule has 0 bridgehead atoms. The number of carbonyl (C=O) groups is 1. The van der Waals surface area contributed by atoms with Crippen LogP contribution in [0.4, 0.5) is 5.69 Å². The van der Waals surface area contributed by atoms with Gasteiger partial charge in [0.05, 0.1) is 24.6 Å². The lowest BCUT2D eigenvalue weighted by atomic mass is 10.3. The Hall–Kier alpha value is -3.41. The Balaban J connectivity index is 1.49. The molecule has 6 heteroatoms. The van der Waals surface area contributed by atoms with Crippen molar-refractivity contribution in [2.45, 2.75) is 0 Å². The molecule has 0 saturated carbocycles. The maximum Gasteiger partial charge on any atom is 0.259 e. The Morgan fingerprint density at radius 1 is 1.08 bits per heavy atom. The fraction of sp³-hybridized carbons (Fsp3) is 0.0556. The number of benzene rings is 2. The van der Waals surface area contributed by atoms with Gasteiger partial charge in [0.25, 0.3) is 5.91 Å². The molecular weight excluding hydrogens is 302 g/mol. The van der Waals surface area contributed by atoms with Gasteiger partial charge in [-0.05, 0) is 24.3 Å². The highest BCUT2D eigenvalue weighted by molar-refractivity contribution is 5.84. The summed E-state index contributed by atoms with van der Waals surface area (Å²) in [6, 6.07) is 19.3. The van der Waals surface area contributed by atoms with Gasteiger partial charge in [-0.15, -0.1) is 0 Å². The van der Waals surface area contributed by atoms with E-state index < -0.39 is 0 Å². The van der Waals surface area contributed by atoms with Gasteiger partial charge in [-0.25, -0.2) is 10.1 Å². The summed E-state index contributed by atoms with van der Waals surface area (Å²) in [6.45, 7) is 0.157. The van der Waals surface area contributed by atoms with E-state index >= 15 is 0 Å². The van der Waals surface area contributed by atoms with Crippen LogP contribution in [0.2, 0.25) is 0 Å². The highest BCUT2D eigenvalue weighted by Crippen LogP contribution is 2.06. The zero-order valence-corrected chi connectivity index (χ0v) is 13.0. The number of anilines is 1. The number of hydrogen-bond acceptors (Lipinski definition) is 4. The summed E-state index contributed by atoms with van der Waals surface area (Å²) >= 11 is 0. The number of hydrazone groups is 1. The van der Waals surface area contributed by atoms with Gasteiger partial charge in [0.15, 0.2) is 0 Å². The van der Waals surface area contributed by atoms with E-state index in [0.717, 1.165) is 16.9 Å². The minimum atomic E-state index is -0.217. The molecule has 2 aromatic carbocycles. The average Bonchev–Trinajstić information content (AvgIpc) is 3.11. The van der Waals surface area contributed by atoms with E-state index in [1.807, 2.05) is 66.9 Å². The second kappa shape index (κ2) is 7.73. The summed E-state index contributed by atoms with van der Waals surface area (Å²) in [5.41, 5.74) is 5.14. The maximum absolute atomic E-state index is 11.7. The number of aromatic nitrogens is 2. The zero-order chi connectivity index (χ0) is 16.6. The summed E-state index contributed by atoms with van der Waals surface area (Å²) < 4.78 is 1.75. The zero-order valence-electron chi connectivity index (χ0n) is 13.0. The predicted octanol–water partition coefficient (Wildman–Crippen LogP) is 2.43. The standard InChI is InChI=1S/C18H17N5O/c24-18(13-19-16-7-3-1-4-8-16)22-20-11-15-12-21-23(14-15)17-9-5-2-6-10-17/h1-12,14,19H,13H2,(H,22,24)/b20-11-. The Morgan fingerprint density at radius 3 is 2.54 bits per heavy atom. The molecule has 0 aliphatic carbocycles. The van der Waals surface area contributed by atoms with E-state index in [1.165, 1.54) is 0 Å². The van der Waals surface area contributed by atoms with Crippen molar-refractivity contribution in [1.29, 1.82) is 0 Å². The minimum absolute atomic E-state index is 0.157. The number of rotatable bonds is 6. The second-order valence-corrected chi connectivity index (χ2v) is 5.07. The summed E-state index contributed by atoms with van der Waals surface area (Å²) in [6.07, 6.45) is 5.09. The largest absolute Gasteiger partial charge is 0.376 e. The molecule has 0 spiro atoms. The van der Waals surface area contributed by atoms with Gasteiger partial charge in [0.1, 0.15) is 0 Å². The van der Waals surface area contributed by atoms with Gasteiger partial charge in [-0.1, -0.05) is 36.4 Å². The van der Waals surface area contributed by atoms with Crippen molar-refractivity contribution < 1.29 is 4.79 Å². The molecule has 0 radical (unpaired) electrons. The van der Waals surface area contributed by atoms with Crippen LogP contribution in [-0.4, -0.2) is 28.4 Å². The molecule has 0 atom stereocenters. The quantitative estimate of drug-likeness (QED) is 0.541. The Kier molecular flexibility index (Phi) is 4.99. The first-order chi connectivity index (χ1) is 11.8. The molecule has 1 aromatic heterocycles. The summed E-state index contributed by atoms with van der Waals surface area (Å²) in [5, 5.41) is 11.2. The smallest absolute Gasteiger partial charge is 0.259 e. The molecule has 1 amide bonds. The molecule has 3 aromatic rings. The SMILES string of the molecule is O=C(CNc1ccccc1)N/N=C\c1cnn(-c2ccccc2)c1. The average molecular weight is 319 g/mol. The molecule has 0 fully saturated rings. The minimum Gasteiger partial charge on any atom is -0.376 e. The maximum atomic E-state index is 11.7. The van der Waals surface area contributed by atoms with E-state index in [-0.39, 0.29) is 12.5 Å². The molecule has 24 heavy (non-hydrogen) atoms. The third-order valence-electron chi connectivity index (χ3n) is 3.25. The summed E-state index contributed by atoms with van der Waals surface area (Å²) in [7, 11) is 0. The predicted molar refractivity (Wildman–Crippen MR) is 94.2 cm³/mol.